The number of halogens is 1. The second-order valence-electron chi connectivity index (χ2n) is 6.24. The van der Waals surface area contributed by atoms with Gasteiger partial charge in [0.25, 0.3) is 22.7 Å². The zero-order valence-corrected chi connectivity index (χ0v) is 17.4. The van der Waals surface area contributed by atoms with Crippen LogP contribution in [0, 0.1) is 40.5 Å². The lowest BCUT2D eigenvalue weighted by Crippen LogP contribution is -3.00. The van der Waals surface area contributed by atoms with Crippen LogP contribution in [0.1, 0.15) is 17.2 Å². The summed E-state index contributed by atoms with van der Waals surface area (Å²) in [6.45, 7) is 0. The van der Waals surface area contributed by atoms with Crippen LogP contribution in [0.15, 0.2) is 67.0 Å². The van der Waals surface area contributed by atoms with Crippen molar-refractivity contribution in [3.05, 3.63) is 119 Å². The minimum absolute atomic E-state index is 0. The Balaban J connectivity index is 0.00000363. The number of hydrogen-bond donors (Lipinski definition) is 0. The Kier molecular flexibility index (Phi) is 7.22. The van der Waals surface area contributed by atoms with Gasteiger partial charge in [-0.15, -0.1) is 0 Å². The summed E-state index contributed by atoms with van der Waals surface area (Å²) in [5, 5.41) is 45.5. The van der Waals surface area contributed by atoms with Crippen molar-refractivity contribution in [3.63, 3.8) is 0 Å². The van der Waals surface area contributed by atoms with Gasteiger partial charge in [-0.25, -0.2) is 0 Å². The Morgan fingerprint density at radius 1 is 0.625 bits per heavy atom. The van der Waals surface area contributed by atoms with E-state index < -0.39 is 48.5 Å². The topological polar surface area (TPSA) is 176 Å². The molecule has 1 aromatic heterocycles. The van der Waals surface area contributed by atoms with Crippen LogP contribution in [-0.4, -0.2) is 19.7 Å². The molecular formula is C18H12BrN5O8. The Morgan fingerprint density at radius 3 is 1.38 bits per heavy atom. The smallest absolute Gasteiger partial charge is 0.286 e. The number of nitro benzene ring substituents is 4. The van der Waals surface area contributed by atoms with Crippen LogP contribution in [0.25, 0.3) is 0 Å². The summed E-state index contributed by atoms with van der Waals surface area (Å²) in [6, 6.07) is 9.59. The molecule has 0 bridgehead atoms. The fraction of sp³-hybridized carbons (Fsp3) is 0.0556. The van der Waals surface area contributed by atoms with Gasteiger partial charge in [0.05, 0.1) is 31.8 Å². The quantitative estimate of drug-likeness (QED) is 0.249. The van der Waals surface area contributed by atoms with E-state index in [4.69, 9.17) is 0 Å². The highest BCUT2D eigenvalue weighted by Gasteiger charge is 2.37. The molecule has 0 atom stereocenters. The van der Waals surface area contributed by atoms with E-state index in [0.29, 0.717) is 0 Å². The molecule has 14 heteroatoms. The highest BCUT2D eigenvalue weighted by Crippen LogP contribution is 2.37. The average molecular weight is 506 g/mol. The molecule has 0 saturated heterocycles. The van der Waals surface area contributed by atoms with Crippen molar-refractivity contribution >= 4 is 22.7 Å². The molecule has 13 nitrogen and oxygen atoms in total. The molecule has 3 aromatic rings. The van der Waals surface area contributed by atoms with Gasteiger partial charge in [-0.3, -0.25) is 40.5 Å². The van der Waals surface area contributed by atoms with Crippen molar-refractivity contribution in [1.82, 2.24) is 0 Å². The van der Waals surface area contributed by atoms with E-state index in [-0.39, 0.29) is 28.1 Å². The zero-order chi connectivity index (χ0) is 22.7. The van der Waals surface area contributed by atoms with Crippen molar-refractivity contribution in [3.8, 4) is 0 Å². The van der Waals surface area contributed by atoms with Gasteiger partial charge in [0, 0.05) is 24.3 Å². The summed E-state index contributed by atoms with van der Waals surface area (Å²) in [6.07, 6.45) is 3.00. The molecule has 0 aliphatic carbocycles. The number of nitro groups is 4. The molecule has 1 heterocycles. The fourth-order valence-corrected chi connectivity index (χ4v) is 3.14. The predicted octanol–water partition coefficient (Wildman–Crippen LogP) is 0.249. The van der Waals surface area contributed by atoms with Gasteiger partial charge in [0.2, 0.25) is 6.04 Å². The van der Waals surface area contributed by atoms with E-state index in [1.165, 1.54) is 17.0 Å². The van der Waals surface area contributed by atoms with E-state index in [1.54, 1.807) is 18.2 Å². The maximum Gasteiger partial charge on any atom is 0.286 e. The van der Waals surface area contributed by atoms with Crippen molar-refractivity contribution in [2.45, 2.75) is 6.04 Å². The van der Waals surface area contributed by atoms with Crippen LogP contribution in [-0.2, 0) is 0 Å². The third kappa shape index (κ3) is 4.70. The summed E-state index contributed by atoms with van der Waals surface area (Å²) < 4.78 is 1.43. The summed E-state index contributed by atoms with van der Waals surface area (Å²) in [4.78, 5) is 42.2. The third-order valence-electron chi connectivity index (χ3n) is 4.47. The fourth-order valence-electron chi connectivity index (χ4n) is 3.14. The van der Waals surface area contributed by atoms with Crippen molar-refractivity contribution in [2.24, 2.45) is 0 Å². The van der Waals surface area contributed by atoms with Gasteiger partial charge >= 0.3 is 0 Å². The molecule has 3 rings (SSSR count). The van der Waals surface area contributed by atoms with Crippen LogP contribution in [0.5, 0.6) is 0 Å². The second kappa shape index (κ2) is 9.65. The minimum atomic E-state index is -1.16. The number of benzene rings is 2. The molecule has 164 valence electrons. The van der Waals surface area contributed by atoms with E-state index >= 15 is 0 Å². The highest BCUT2D eigenvalue weighted by molar-refractivity contribution is 5.57. The zero-order valence-electron chi connectivity index (χ0n) is 15.8. The number of rotatable bonds is 7. The standard InChI is InChI=1S/C18H12N5O8.BrH/c24-20(25)12-4-6-14(16(10-12)22(28)29)18(19-8-2-1-3-9-19)15-7-5-13(21(26)27)11-17(15)23(30)31;/h1-11,18H;1H/q+1;/p-1. The molecule has 0 aliphatic rings. The number of hydrogen-bond acceptors (Lipinski definition) is 8. The van der Waals surface area contributed by atoms with Crippen molar-refractivity contribution < 1.29 is 41.2 Å². The normalized spacial score (nSPS) is 10.3. The molecule has 0 aliphatic heterocycles. The third-order valence-corrected chi connectivity index (χ3v) is 4.47. The molecule has 32 heavy (non-hydrogen) atoms. The van der Waals surface area contributed by atoms with Gasteiger partial charge in [-0.2, -0.15) is 4.57 Å². The highest BCUT2D eigenvalue weighted by atomic mass is 79.9. The van der Waals surface area contributed by atoms with E-state index in [9.17, 15) is 40.5 Å². The van der Waals surface area contributed by atoms with Crippen LogP contribution in [0.3, 0.4) is 0 Å². The van der Waals surface area contributed by atoms with E-state index in [2.05, 4.69) is 0 Å². The van der Waals surface area contributed by atoms with Crippen molar-refractivity contribution in [2.75, 3.05) is 0 Å². The molecule has 0 N–H and O–H groups in total. The lowest BCUT2D eigenvalue weighted by Gasteiger charge is -2.14. The summed E-state index contributed by atoms with van der Waals surface area (Å²) in [7, 11) is 0. The first kappa shape index (κ1) is 23.9. The molecule has 0 fully saturated rings. The SMILES string of the molecule is O=[N+]([O-])c1ccc(C(c2ccc([N+](=O)[O-])cc2[N+](=O)[O-])[n+]2ccccc2)c([N+](=O)[O-])c1.[Br-]. The number of pyridine rings is 1. The first-order valence-electron chi connectivity index (χ1n) is 8.52. The van der Waals surface area contributed by atoms with Crippen molar-refractivity contribution in [1.29, 1.82) is 0 Å². The second-order valence-corrected chi connectivity index (χ2v) is 6.24. The van der Waals surface area contributed by atoms with Crippen LogP contribution in [0.4, 0.5) is 22.7 Å². The molecule has 0 radical (unpaired) electrons. The first-order valence-corrected chi connectivity index (χ1v) is 8.52. The van der Waals surface area contributed by atoms with Crippen LogP contribution in [0.2, 0.25) is 0 Å². The Bertz CT molecular complexity index is 1150. The maximum absolute atomic E-state index is 11.7. The average Bonchev–Trinajstić information content (AvgIpc) is 2.74. The summed E-state index contributed by atoms with van der Waals surface area (Å²) in [5.74, 6) is 0. The molecule has 0 unspecified atom stereocenters. The van der Waals surface area contributed by atoms with Gasteiger partial charge in [-0.05, 0) is 12.1 Å². The monoisotopic (exact) mass is 505 g/mol. The van der Waals surface area contributed by atoms with Crippen LogP contribution < -0.4 is 21.5 Å². The van der Waals surface area contributed by atoms with Gasteiger partial charge in [-0.1, -0.05) is 6.07 Å². The number of nitrogens with zero attached hydrogens (tertiary/aromatic N) is 5. The molecule has 0 spiro atoms. The largest absolute Gasteiger partial charge is 1.00 e. The molecule has 0 amide bonds. The Labute approximate surface area is 188 Å². The number of non-ortho nitro benzene ring substituents is 2. The lowest BCUT2D eigenvalue weighted by molar-refractivity contribution is -0.705. The molecular weight excluding hydrogens is 494 g/mol. The Morgan fingerprint density at radius 2 is 1.03 bits per heavy atom. The molecule has 0 saturated carbocycles. The first-order chi connectivity index (χ1) is 14.7. The van der Waals surface area contributed by atoms with E-state index in [0.717, 1.165) is 36.4 Å². The Hall–Kier alpha value is -4.33. The maximum atomic E-state index is 11.7. The lowest BCUT2D eigenvalue weighted by atomic mass is 9.94. The van der Waals surface area contributed by atoms with Gasteiger partial charge in [0.1, 0.15) is 11.1 Å². The predicted molar refractivity (Wildman–Crippen MR) is 103 cm³/mol. The summed E-state index contributed by atoms with van der Waals surface area (Å²) in [5.41, 5.74) is -2.42. The van der Waals surface area contributed by atoms with Gasteiger partial charge in [0.15, 0.2) is 12.4 Å². The number of aromatic nitrogens is 1. The van der Waals surface area contributed by atoms with E-state index in [1.807, 2.05) is 0 Å². The molecule has 2 aromatic carbocycles. The summed E-state index contributed by atoms with van der Waals surface area (Å²) >= 11 is 0. The van der Waals surface area contributed by atoms with Gasteiger partial charge < -0.3 is 17.0 Å². The van der Waals surface area contributed by atoms with Crippen LogP contribution >= 0.6 is 0 Å². The minimum Gasteiger partial charge on any atom is -1.00 e.